The van der Waals surface area contributed by atoms with Gasteiger partial charge < -0.3 is 9.84 Å². The highest BCUT2D eigenvalue weighted by Crippen LogP contribution is 2.24. The van der Waals surface area contributed by atoms with E-state index >= 15 is 0 Å². The highest BCUT2D eigenvalue weighted by atomic mass is 35.5. The number of esters is 1. The van der Waals surface area contributed by atoms with Crippen molar-refractivity contribution in [2.45, 2.75) is 25.4 Å². The zero-order valence-corrected chi connectivity index (χ0v) is 16.9. The number of aliphatic hydroxyl groups excluding tert-OH is 1. The first-order chi connectivity index (χ1) is 14.6. The molecule has 1 N–H and O–H groups in total. The number of carbonyl (C=O) groups is 1. The fourth-order valence-electron chi connectivity index (χ4n) is 2.83. The van der Waals surface area contributed by atoms with Crippen molar-refractivity contribution in [3.63, 3.8) is 0 Å². The van der Waals surface area contributed by atoms with Crippen LogP contribution in [0.15, 0.2) is 53.3 Å². The van der Waals surface area contributed by atoms with Crippen LogP contribution in [0.2, 0.25) is 5.02 Å². The number of carbonyl (C=O) groups excluding carboxylic acids is 1. The lowest BCUT2D eigenvalue weighted by Crippen LogP contribution is -2.37. The maximum atomic E-state index is 12.9. The molecule has 0 aliphatic carbocycles. The van der Waals surface area contributed by atoms with Crippen LogP contribution in [0.1, 0.15) is 15.9 Å². The third kappa shape index (κ3) is 5.15. The first-order valence-corrected chi connectivity index (χ1v) is 9.33. The quantitative estimate of drug-likeness (QED) is 0.577. The van der Waals surface area contributed by atoms with Gasteiger partial charge >= 0.3 is 17.8 Å². The van der Waals surface area contributed by atoms with E-state index in [0.29, 0.717) is 21.7 Å². The minimum Gasteiger partial charge on any atom is -0.465 e. The molecule has 0 amide bonds. The van der Waals surface area contributed by atoms with Crippen LogP contribution in [0, 0.1) is 0 Å². The molecule has 0 saturated heterocycles. The van der Waals surface area contributed by atoms with E-state index in [9.17, 15) is 27.9 Å². The van der Waals surface area contributed by atoms with Gasteiger partial charge in [0.25, 0.3) is 0 Å². The second-order valence-corrected chi connectivity index (χ2v) is 7.06. The van der Waals surface area contributed by atoms with E-state index in [1.54, 1.807) is 12.1 Å². The van der Waals surface area contributed by atoms with E-state index in [2.05, 4.69) is 9.84 Å². The summed E-state index contributed by atoms with van der Waals surface area (Å²) in [4.78, 5) is 24.3. The minimum absolute atomic E-state index is 0.0452. The maximum absolute atomic E-state index is 12.9. The molecule has 11 heteroatoms. The van der Waals surface area contributed by atoms with Crippen LogP contribution in [0.4, 0.5) is 13.2 Å². The Balaban J connectivity index is 1.99. The van der Waals surface area contributed by atoms with Crippen molar-refractivity contribution >= 4 is 17.6 Å². The lowest BCUT2D eigenvalue weighted by Gasteiger charge is -2.15. The molecule has 3 rings (SSSR count). The molecule has 164 valence electrons. The number of aromatic nitrogens is 3. The zero-order valence-electron chi connectivity index (χ0n) is 16.1. The molecule has 1 aromatic heterocycles. The van der Waals surface area contributed by atoms with Gasteiger partial charge in [0.1, 0.15) is 0 Å². The van der Waals surface area contributed by atoms with Crippen molar-refractivity contribution in [1.29, 1.82) is 0 Å². The topological polar surface area (TPSA) is 86.3 Å². The number of nitrogens with zero attached hydrogens (tertiary/aromatic N) is 3. The highest BCUT2D eigenvalue weighted by molar-refractivity contribution is 6.30. The first kappa shape index (κ1) is 22.6. The Morgan fingerprint density at radius 2 is 1.77 bits per heavy atom. The summed E-state index contributed by atoms with van der Waals surface area (Å²) in [6.07, 6.45) is -7.64. The number of methoxy groups -OCH3 is 1. The predicted molar refractivity (Wildman–Crippen MR) is 106 cm³/mol. The molecule has 0 aliphatic heterocycles. The summed E-state index contributed by atoms with van der Waals surface area (Å²) in [5, 5.41) is 14.1. The summed E-state index contributed by atoms with van der Waals surface area (Å²) in [6, 6.07) is 12.2. The van der Waals surface area contributed by atoms with Crippen molar-refractivity contribution in [2.75, 3.05) is 7.11 Å². The van der Waals surface area contributed by atoms with E-state index in [0.717, 1.165) is 9.25 Å². The molecule has 3 aromatic rings. The molecule has 31 heavy (non-hydrogen) atoms. The molecule has 0 spiro atoms. The average molecular weight is 456 g/mol. The van der Waals surface area contributed by atoms with Crippen LogP contribution in [0.5, 0.6) is 0 Å². The van der Waals surface area contributed by atoms with Gasteiger partial charge in [-0.15, -0.1) is 5.10 Å². The second-order valence-electron chi connectivity index (χ2n) is 6.63. The molecule has 1 unspecified atom stereocenters. The molecule has 0 radical (unpaired) electrons. The van der Waals surface area contributed by atoms with Crippen molar-refractivity contribution in [2.24, 2.45) is 0 Å². The van der Waals surface area contributed by atoms with E-state index in [1.807, 2.05) is 0 Å². The van der Waals surface area contributed by atoms with Crippen molar-refractivity contribution in [3.05, 3.63) is 75.2 Å². The van der Waals surface area contributed by atoms with Gasteiger partial charge in [-0.25, -0.2) is 14.3 Å². The molecule has 0 saturated carbocycles. The Bertz CT molecular complexity index is 1120. The largest absolute Gasteiger partial charge is 0.465 e. The fraction of sp³-hybridized carbons (Fsp3) is 0.250. The third-order valence-electron chi connectivity index (χ3n) is 4.47. The van der Waals surface area contributed by atoms with E-state index < -0.39 is 30.5 Å². The first-order valence-electron chi connectivity index (χ1n) is 8.95. The number of hydrogen-bond donors (Lipinski definition) is 1. The molecular weight excluding hydrogens is 439 g/mol. The lowest BCUT2D eigenvalue weighted by molar-refractivity contribution is -0.207. The number of aliphatic hydroxyl groups is 1. The maximum Gasteiger partial charge on any atom is 0.416 e. The lowest BCUT2D eigenvalue weighted by atomic mass is 10.1. The summed E-state index contributed by atoms with van der Waals surface area (Å²) in [6.45, 7) is -1.07. The minimum atomic E-state index is -4.90. The smallest absolute Gasteiger partial charge is 0.416 e. The van der Waals surface area contributed by atoms with E-state index in [-0.39, 0.29) is 12.4 Å². The van der Waals surface area contributed by atoms with Crippen LogP contribution in [-0.2, 0) is 17.8 Å². The Morgan fingerprint density at radius 3 is 2.32 bits per heavy atom. The van der Waals surface area contributed by atoms with Crippen LogP contribution in [-0.4, -0.2) is 44.8 Å². The van der Waals surface area contributed by atoms with Crippen LogP contribution in [0.25, 0.3) is 11.4 Å². The second kappa shape index (κ2) is 8.94. The van der Waals surface area contributed by atoms with E-state index in [1.165, 1.54) is 43.5 Å². The Morgan fingerprint density at radius 1 is 1.16 bits per heavy atom. The number of rotatable bonds is 6. The number of hydrogen-bond acceptors (Lipinski definition) is 5. The molecule has 0 fully saturated rings. The number of ether oxygens (including phenoxy) is 1. The van der Waals surface area contributed by atoms with Gasteiger partial charge in [-0.1, -0.05) is 23.7 Å². The standard InChI is InChI=1S/C20H17ClF3N3O4/c1-31-18(29)14-4-2-12(3-5-14)10-27-19(30)26(11-16(28)20(22,23)24)17(25-27)13-6-8-15(21)9-7-13/h2-9,16,28H,10-11H2,1H3. The van der Waals surface area contributed by atoms with Gasteiger partial charge in [0, 0.05) is 10.6 Å². The Hall–Kier alpha value is -3.11. The number of halogens is 4. The van der Waals surface area contributed by atoms with Crippen molar-refractivity contribution < 1.29 is 27.8 Å². The summed E-state index contributed by atoms with van der Waals surface area (Å²) in [7, 11) is 1.25. The van der Waals surface area contributed by atoms with E-state index in [4.69, 9.17) is 11.6 Å². The Kier molecular flexibility index (Phi) is 6.51. The average Bonchev–Trinajstić information content (AvgIpc) is 3.03. The van der Waals surface area contributed by atoms with Gasteiger partial charge in [-0.2, -0.15) is 13.2 Å². The van der Waals surface area contributed by atoms with Gasteiger partial charge in [-0.3, -0.25) is 4.57 Å². The number of alkyl halides is 3. The molecule has 0 bridgehead atoms. The molecule has 1 atom stereocenters. The van der Waals surface area contributed by atoms with Gasteiger partial charge in [0.05, 0.1) is 25.8 Å². The van der Waals surface area contributed by atoms with Crippen molar-refractivity contribution in [1.82, 2.24) is 14.3 Å². The van der Waals surface area contributed by atoms with Gasteiger partial charge in [0.2, 0.25) is 0 Å². The summed E-state index contributed by atoms with van der Waals surface area (Å²) in [5.41, 5.74) is 0.415. The predicted octanol–water partition coefficient (Wildman–Crippen LogP) is 3.12. The molecular formula is C20H17ClF3N3O4. The molecule has 0 aliphatic rings. The SMILES string of the molecule is COC(=O)c1ccc(Cn2nc(-c3ccc(Cl)cc3)n(CC(O)C(F)(F)F)c2=O)cc1. The summed E-state index contributed by atoms with van der Waals surface area (Å²) in [5.74, 6) is -0.574. The number of benzene rings is 2. The summed E-state index contributed by atoms with van der Waals surface area (Å²) < 4.78 is 45.0. The molecule has 2 aromatic carbocycles. The van der Waals surface area contributed by atoms with Crippen molar-refractivity contribution in [3.8, 4) is 11.4 Å². The van der Waals surface area contributed by atoms with Gasteiger partial charge in [0.15, 0.2) is 11.9 Å². The normalized spacial score (nSPS) is 12.6. The zero-order chi connectivity index (χ0) is 22.8. The molecule has 7 nitrogen and oxygen atoms in total. The van der Waals surface area contributed by atoms with Gasteiger partial charge in [-0.05, 0) is 42.0 Å². The van der Waals surface area contributed by atoms with Crippen LogP contribution < -0.4 is 5.69 Å². The highest BCUT2D eigenvalue weighted by Gasteiger charge is 2.39. The summed E-state index contributed by atoms with van der Waals surface area (Å²) >= 11 is 5.86. The third-order valence-corrected chi connectivity index (χ3v) is 4.72. The Labute approximate surface area is 179 Å². The van der Waals surface area contributed by atoms with Crippen LogP contribution >= 0.6 is 11.6 Å². The fourth-order valence-corrected chi connectivity index (χ4v) is 2.96. The van der Waals surface area contributed by atoms with Crippen LogP contribution in [0.3, 0.4) is 0 Å². The molecule has 1 heterocycles. The monoisotopic (exact) mass is 455 g/mol.